The van der Waals surface area contributed by atoms with Crippen molar-refractivity contribution in [3.05, 3.63) is 77.4 Å². The van der Waals surface area contributed by atoms with Crippen molar-refractivity contribution in [3.63, 3.8) is 0 Å². The monoisotopic (exact) mass is 537 g/mol. The summed E-state index contributed by atoms with van der Waals surface area (Å²) >= 11 is 0. The Morgan fingerprint density at radius 2 is 1.74 bits per heavy atom. The van der Waals surface area contributed by atoms with Crippen molar-refractivity contribution >= 4 is 27.7 Å². The summed E-state index contributed by atoms with van der Waals surface area (Å²) in [5.41, 5.74) is 6.25. The molecule has 0 aliphatic heterocycles. The van der Waals surface area contributed by atoms with Crippen LogP contribution in [0.4, 0.5) is 13.2 Å². The van der Waals surface area contributed by atoms with Crippen LogP contribution in [0.5, 0.6) is 11.5 Å². The van der Waals surface area contributed by atoms with Crippen molar-refractivity contribution in [2.24, 2.45) is 5.73 Å². The number of hydrogen-bond donors (Lipinski definition) is 2. The van der Waals surface area contributed by atoms with E-state index in [1.807, 2.05) is 24.3 Å². The smallest absolute Gasteiger partial charge is 0.433 e. The Bertz CT molecular complexity index is 1700. The first-order valence-corrected chi connectivity index (χ1v) is 11.7. The zero-order chi connectivity index (χ0) is 27.7. The SMILES string of the molecule is COc1cc(CNC(=O)c2nc(-c3ccc(OC)c4nc(C(F)(F)F)ccc34)oc2CN)nc2ccccc12. The molecule has 0 radical (unpaired) electrons. The van der Waals surface area contributed by atoms with E-state index in [-0.39, 0.29) is 41.7 Å². The Morgan fingerprint density at radius 3 is 2.46 bits per heavy atom. The lowest BCUT2D eigenvalue weighted by Crippen LogP contribution is -2.25. The van der Waals surface area contributed by atoms with Crippen molar-refractivity contribution in [1.29, 1.82) is 0 Å². The number of hydrogen-bond acceptors (Lipinski definition) is 8. The minimum absolute atomic E-state index is 0.000288. The molecule has 0 unspecified atom stereocenters. The van der Waals surface area contributed by atoms with Crippen LogP contribution in [0, 0.1) is 0 Å². The molecule has 0 atom stereocenters. The minimum atomic E-state index is -4.64. The molecule has 1 amide bonds. The maximum absolute atomic E-state index is 13.3. The number of carbonyl (C=O) groups excluding carboxylic acids is 1. The number of ether oxygens (including phenoxy) is 2. The molecule has 9 nitrogen and oxygen atoms in total. The molecule has 5 rings (SSSR count). The Hall–Kier alpha value is -4.71. The van der Waals surface area contributed by atoms with Gasteiger partial charge in [0.2, 0.25) is 5.89 Å². The molecule has 12 heteroatoms. The highest BCUT2D eigenvalue weighted by Crippen LogP contribution is 2.37. The maximum atomic E-state index is 13.3. The number of amides is 1. The number of nitrogens with one attached hydrogen (secondary N) is 1. The highest BCUT2D eigenvalue weighted by atomic mass is 19.4. The van der Waals surface area contributed by atoms with Crippen LogP contribution in [0.25, 0.3) is 33.3 Å². The van der Waals surface area contributed by atoms with Crippen LogP contribution < -0.4 is 20.5 Å². The van der Waals surface area contributed by atoms with Gasteiger partial charge in [0.15, 0.2) is 11.5 Å². The predicted octanol–water partition coefficient (Wildman–Crippen LogP) is 4.86. The van der Waals surface area contributed by atoms with Crippen molar-refractivity contribution in [1.82, 2.24) is 20.3 Å². The summed E-state index contributed by atoms with van der Waals surface area (Å²) in [5, 5.41) is 3.89. The Morgan fingerprint density at radius 1 is 0.974 bits per heavy atom. The summed E-state index contributed by atoms with van der Waals surface area (Å²) in [7, 11) is 2.88. The molecule has 0 aliphatic rings. The van der Waals surface area contributed by atoms with E-state index < -0.39 is 17.8 Å². The Balaban J connectivity index is 1.47. The standard InChI is InChI=1S/C27H22F3N5O4/c1-37-19-9-7-16(15-8-10-22(27(28,29)30)34-23(15)19)26-35-24(21(12-31)39-26)25(36)32-13-14-11-20(38-2)17-5-3-4-6-18(17)33-14/h3-11H,12-13,31H2,1-2H3,(H,32,36). The Labute approximate surface area is 219 Å². The largest absolute Gasteiger partial charge is 0.496 e. The molecule has 0 fully saturated rings. The van der Waals surface area contributed by atoms with Crippen LogP contribution >= 0.6 is 0 Å². The molecular weight excluding hydrogens is 515 g/mol. The number of nitrogens with two attached hydrogens (primary N) is 1. The van der Waals surface area contributed by atoms with Crippen LogP contribution in [-0.4, -0.2) is 35.1 Å². The van der Waals surface area contributed by atoms with Crippen molar-refractivity contribution < 1.29 is 31.9 Å². The van der Waals surface area contributed by atoms with E-state index in [1.165, 1.54) is 19.2 Å². The van der Waals surface area contributed by atoms with Crippen molar-refractivity contribution in [3.8, 4) is 23.0 Å². The van der Waals surface area contributed by atoms with Gasteiger partial charge in [-0.05, 0) is 36.4 Å². The number of carbonyl (C=O) groups is 1. The van der Waals surface area contributed by atoms with E-state index in [0.717, 1.165) is 11.5 Å². The quantitative estimate of drug-likeness (QED) is 0.302. The van der Waals surface area contributed by atoms with Gasteiger partial charge < -0.3 is 24.9 Å². The number of rotatable bonds is 7. The minimum Gasteiger partial charge on any atom is -0.496 e. The third-order valence-electron chi connectivity index (χ3n) is 6.04. The van der Waals surface area contributed by atoms with E-state index in [2.05, 4.69) is 20.3 Å². The molecule has 0 aliphatic carbocycles. The summed E-state index contributed by atoms with van der Waals surface area (Å²) < 4.78 is 56.3. The first-order valence-electron chi connectivity index (χ1n) is 11.7. The van der Waals surface area contributed by atoms with Gasteiger partial charge in [0.25, 0.3) is 5.91 Å². The van der Waals surface area contributed by atoms with E-state index >= 15 is 0 Å². The fraction of sp³-hybridized carbons (Fsp3) is 0.185. The molecule has 3 aromatic heterocycles. The molecule has 0 spiro atoms. The molecule has 3 heterocycles. The molecular formula is C27H22F3N5O4. The maximum Gasteiger partial charge on any atom is 0.433 e. The lowest BCUT2D eigenvalue weighted by molar-refractivity contribution is -0.140. The molecule has 200 valence electrons. The lowest BCUT2D eigenvalue weighted by Gasteiger charge is -2.11. The number of oxazole rings is 1. The molecule has 39 heavy (non-hydrogen) atoms. The first kappa shape index (κ1) is 25.9. The van der Waals surface area contributed by atoms with Crippen LogP contribution in [0.15, 0.2) is 59.0 Å². The second kappa shape index (κ2) is 10.2. The highest BCUT2D eigenvalue weighted by molar-refractivity contribution is 5.98. The number of methoxy groups -OCH3 is 2. The highest BCUT2D eigenvalue weighted by Gasteiger charge is 2.33. The van der Waals surface area contributed by atoms with E-state index in [1.54, 1.807) is 19.2 Å². The number of alkyl halides is 3. The van der Waals surface area contributed by atoms with Gasteiger partial charge in [-0.1, -0.05) is 12.1 Å². The summed E-state index contributed by atoms with van der Waals surface area (Å²) in [6, 6.07) is 14.3. The van der Waals surface area contributed by atoms with Crippen LogP contribution in [0.1, 0.15) is 27.6 Å². The van der Waals surface area contributed by atoms with Gasteiger partial charge in [0, 0.05) is 22.4 Å². The van der Waals surface area contributed by atoms with Gasteiger partial charge in [0.1, 0.15) is 22.7 Å². The second-order valence-electron chi connectivity index (χ2n) is 8.42. The fourth-order valence-corrected chi connectivity index (χ4v) is 4.19. The van der Waals surface area contributed by atoms with E-state index in [9.17, 15) is 18.0 Å². The normalized spacial score (nSPS) is 11.6. The van der Waals surface area contributed by atoms with E-state index in [0.29, 0.717) is 27.9 Å². The topological polar surface area (TPSA) is 125 Å². The predicted molar refractivity (Wildman–Crippen MR) is 136 cm³/mol. The summed E-state index contributed by atoms with van der Waals surface area (Å²) in [5.74, 6) is 0.303. The fourth-order valence-electron chi connectivity index (χ4n) is 4.19. The van der Waals surface area contributed by atoms with Crippen LogP contribution in [0.3, 0.4) is 0 Å². The lowest BCUT2D eigenvalue weighted by atomic mass is 10.1. The van der Waals surface area contributed by atoms with Crippen LogP contribution in [-0.2, 0) is 19.3 Å². The Kier molecular flexibility index (Phi) is 6.79. The van der Waals surface area contributed by atoms with Gasteiger partial charge in [-0.2, -0.15) is 13.2 Å². The first-order chi connectivity index (χ1) is 18.7. The summed E-state index contributed by atoms with van der Waals surface area (Å²) in [6.07, 6.45) is -4.64. The summed E-state index contributed by atoms with van der Waals surface area (Å²) in [4.78, 5) is 25.7. The third-order valence-corrected chi connectivity index (χ3v) is 6.04. The number of nitrogens with zero attached hydrogens (tertiary/aromatic N) is 3. The molecule has 0 bridgehead atoms. The number of aromatic nitrogens is 3. The number of halogens is 3. The molecule has 0 saturated heterocycles. The van der Waals surface area contributed by atoms with Crippen molar-refractivity contribution in [2.75, 3.05) is 14.2 Å². The van der Waals surface area contributed by atoms with Gasteiger partial charge in [0.05, 0.1) is 38.5 Å². The van der Waals surface area contributed by atoms with Crippen molar-refractivity contribution in [2.45, 2.75) is 19.3 Å². The molecule has 5 aromatic rings. The zero-order valence-corrected chi connectivity index (χ0v) is 20.8. The average Bonchev–Trinajstić information content (AvgIpc) is 3.38. The molecule has 0 saturated carbocycles. The number of para-hydroxylation sites is 1. The third kappa shape index (κ3) is 4.93. The van der Waals surface area contributed by atoms with Gasteiger partial charge in [-0.15, -0.1) is 0 Å². The van der Waals surface area contributed by atoms with Gasteiger partial charge >= 0.3 is 6.18 Å². The van der Waals surface area contributed by atoms with Gasteiger partial charge in [-0.3, -0.25) is 9.78 Å². The van der Waals surface area contributed by atoms with Gasteiger partial charge in [-0.25, -0.2) is 9.97 Å². The summed E-state index contributed by atoms with van der Waals surface area (Å²) in [6.45, 7) is -0.0653. The average molecular weight is 537 g/mol. The van der Waals surface area contributed by atoms with E-state index in [4.69, 9.17) is 19.6 Å². The molecule has 2 aromatic carbocycles. The van der Waals surface area contributed by atoms with Crippen LogP contribution in [0.2, 0.25) is 0 Å². The number of benzene rings is 2. The number of pyridine rings is 2. The zero-order valence-electron chi connectivity index (χ0n) is 20.8. The number of fused-ring (bicyclic) bond motifs is 2. The second-order valence-corrected chi connectivity index (χ2v) is 8.42. The molecule has 3 N–H and O–H groups in total.